The van der Waals surface area contributed by atoms with E-state index in [0.29, 0.717) is 11.0 Å². The molecule has 7 heteroatoms. The minimum Gasteiger partial charge on any atom is -0.380 e. The molecule has 21 heavy (non-hydrogen) atoms. The van der Waals surface area contributed by atoms with E-state index < -0.39 is 0 Å². The van der Waals surface area contributed by atoms with Crippen LogP contribution in [0.25, 0.3) is 5.69 Å². The Morgan fingerprint density at radius 3 is 2.71 bits per heavy atom. The smallest absolute Gasteiger partial charge is 0.183 e. The van der Waals surface area contributed by atoms with E-state index in [-0.39, 0.29) is 0 Å². The summed E-state index contributed by atoms with van der Waals surface area (Å²) in [5.41, 5.74) is 3.02. The van der Waals surface area contributed by atoms with Crippen molar-refractivity contribution in [2.45, 2.75) is 19.9 Å². The number of halogens is 1. The maximum atomic E-state index is 5.81. The first-order valence-electron chi connectivity index (χ1n) is 6.60. The summed E-state index contributed by atoms with van der Waals surface area (Å²) in [6.07, 6.45) is 4.62. The van der Waals surface area contributed by atoms with Gasteiger partial charge in [0.1, 0.15) is 0 Å². The van der Waals surface area contributed by atoms with Crippen LogP contribution in [0.15, 0.2) is 36.7 Å². The summed E-state index contributed by atoms with van der Waals surface area (Å²) < 4.78 is 2.35. The van der Waals surface area contributed by atoms with E-state index in [2.05, 4.69) is 27.5 Å². The number of rotatable bonds is 5. The van der Waals surface area contributed by atoms with Crippen molar-refractivity contribution in [3.8, 4) is 5.69 Å². The van der Waals surface area contributed by atoms with Gasteiger partial charge in [0.2, 0.25) is 0 Å². The zero-order valence-corrected chi connectivity index (χ0v) is 13.0. The van der Waals surface area contributed by atoms with Crippen molar-refractivity contribution >= 4 is 28.6 Å². The largest absolute Gasteiger partial charge is 0.380 e. The van der Waals surface area contributed by atoms with Gasteiger partial charge in [-0.25, -0.2) is 9.67 Å². The molecule has 0 saturated heterocycles. The highest BCUT2D eigenvalue weighted by Gasteiger charge is 2.02. The van der Waals surface area contributed by atoms with Crippen LogP contribution in [-0.2, 0) is 13.0 Å². The zero-order chi connectivity index (χ0) is 14.7. The lowest BCUT2D eigenvalue weighted by Crippen LogP contribution is -1.99. The number of nitrogens with zero attached hydrogens (tertiary/aromatic N) is 4. The second-order valence-corrected chi connectivity index (χ2v) is 6.19. The quantitative estimate of drug-likeness (QED) is 0.781. The topological polar surface area (TPSA) is 55.6 Å². The average molecular weight is 320 g/mol. The minimum atomic E-state index is 0.569. The Morgan fingerprint density at radius 1 is 1.29 bits per heavy atom. The van der Waals surface area contributed by atoms with Gasteiger partial charge < -0.3 is 5.32 Å². The molecule has 3 aromatic rings. The number of aromatic nitrogens is 4. The number of anilines is 1. The van der Waals surface area contributed by atoms with Crippen molar-refractivity contribution in [2.24, 2.45) is 0 Å². The maximum absolute atomic E-state index is 5.81. The second kappa shape index (κ2) is 6.24. The van der Waals surface area contributed by atoms with Gasteiger partial charge in [-0.1, -0.05) is 23.7 Å². The predicted octanol–water partition coefficient (Wildman–Crippen LogP) is 3.55. The highest BCUT2D eigenvalue weighted by Crippen LogP contribution is 2.19. The molecule has 0 aliphatic rings. The van der Waals surface area contributed by atoms with Crippen LogP contribution < -0.4 is 5.32 Å². The molecule has 5 nitrogen and oxygen atoms in total. The van der Waals surface area contributed by atoms with E-state index >= 15 is 0 Å². The molecule has 3 rings (SSSR count). The first-order chi connectivity index (χ1) is 10.2. The van der Waals surface area contributed by atoms with E-state index in [4.69, 9.17) is 11.6 Å². The third kappa shape index (κ3) is 3.40. The van der Waals surface area contributed by atoms with Gasteiger partial charge in [0.05, 0.1) is 24.1 Å². The number of hydrogen-bond acceptors (Lipinski definition) is 5. The highest BCUT2D eigenvalue weighted by atomic mass is 35.5. The first kappa shape index (κ1) is 14.0. The van der Waals surface area contributed by atoms with Crippen molar-refractivity contribution in [3.05, 3.63) is 51.7 Å². The molecule has 0 amide bonds. The molecule has 0 aliphatic heterocycles. The van der Waals surface area contributed by atoms with Crippen LogP contribution >= 0.6 is 22.9 Å². The van der Waals surface area contributed by atoms with E-state index in [1.807, 2.05) is 30.5 Å². The average Bonchev–Trinajstić information content (AvgIpc) is 3.14. The van der Waals surface area contributed by atoms with E-state index in [0.717, 1.165) is 28.4 Å². The second-order valence-electron chi connectivity index (χ2n) is 4.49. The van der Waals surface area contributed by atoms with Crippen LogP contribution in [0.5, 0.6) is 0 Å². The van der Waals surface area contributed by atoms with Gasteiger partial charge in [0.25, 0.3) is 0 Å². The number of thiazole rings is 1. The first-order valence-corrected chi connectivity index (χ1v) is 7.80. The third-order valence-electron chi connectivity index (χ3n) is 3.03. The van der Waals surface area contributed by atoms with Gasteiger partial charge in [-0.15, -0.1) is 16.4 Å². The minimum absolute atomic E-state index is 0.569. The molecule has 0 bridgehead atoms. The SMILES string of the molecule is CCc1cn(-c2ccc(NCc3cnc(Cl)s3)cc2)nn1. The summed E-state index contributed by atoms with van der Waals surface area (Å²) in [5.74, 6) is 0. The Morgan fingerprint density at radius 2 is 2.10 bits per heavy atom. The molecule has 0 aliphatic carbocycles. The summed E-state index contributed by atoms with van der Waals surface area (Å²) in [6.45, 7) is 2.78. The molecule has 1 N–H and O–H groups in total. The van der Waals surface area contributed by atoms with Crippen molar-refractivity contribution in [1.82, 2.24) is 20.0 Å². The van der Waals surface area contributed by atoms with Crippen molar-refractivity contribution in [2.75, 3.05) is 5.32 Å². The Kier molecular flexibility index (Phi) is 4.17. The van der Waals surface area contributed by atoms with E-state index in [1.54, 1.807) is 10.9 Å². The van der Waals surface area contributed by atoms with Gasteiger partial charge in [-0.2, -0.15) is 0 Å². The van der Waals surface area contributed by atoms with Gasteiger partial charge >= 0.3 is 0 Å². The molecule has 2 heterocycles. The number of benzene rings is 1. The standard InChI is InChI=1S/C14H14ClN5S/c1-2-10-9-20(19-18-10)12-5-3-11(4-6-12)16-7-13-8-17-14(15)21-13/h3-6,8-9,16H,2,7H2,1H3. The number of aryl methyl sites for hydroxylation is 1. The van der Waals surface area contributed by atoms with Gasteiger partial charge in [-0.05, 0) is 30.7 Å². The lowest BCUT2D eigenvalue weighted by molar-refractivity contribution is 0.798. The third-order valence-corrected chi connectivity index (χ3v) is 4.14. The zero-order valence-electron chi connectivity index (χ0n) is 11.5. The molecule has 0 saturated carbocycles. The van der Waals surface area contributed by atoms with Crippen LogP contribution in [0.2, 0.25) is 4.47 Å². The summed E-state index contributed by atoms with van der Waals surface area (Å²) in [6, 6.07) is 8.06. The Bertz CT molecular complexity index is 719. The lowest BCUT2D eigenvalue weighted by atomic mass is 10.2. The summed E-state index contributed by atoms with van der Waals surface area (Å²) >= 11 is 7.29. The Balaban J connectivity index is 1.66. The van der Waals surface area contributed by atoms with E-state index in [1.165, 1.54) is 11.3 Å². The predicted molar refractivity (Wildman–Crippen MR) is 85.2 cm³/mol. The Labute approximate surface area is 131 Å². The number of hydrogen-bond donors (Lipinski definition) is 1. The summed E-state index contributed by atoms with van der Waals surface area (Å²) in [4.78, 5) is 5.12. The van der Waals surface area contributed by atoms with Crippen molar-refractivity contribution in [1.29, 1.82) is 0 Å². The fourth-order valence-electron chi connectivity index (χ4n) is 1.87. The van der Waals surface area contributed by atoms with Crippen LogP contribution in [0.4, 0.5) is 5.69 Å². The van der Waals surface area contributed by atoms with Crippen LogP contribution in [-0.4, -0.2) is 20.0 Å². The summed E-state index contributed by atoms with van der Waals surface area (Å²) in [7, 11) is 0. The molecule has 0 fully saturated rings. The molecule has 1 aromatic carbocycles. The van der Waals surface area contributed by atoms with E-state index in [9.17, 15) is 0 Å². The maximum Gasteiger partial charge on any atom is 0.183 e. The summed E-state index contributed by atoms with van der Waals surface area (Å²) in [5, 5.41) is 11.5. The monoisotopic (exact) mass is 319 g/mol. The molecule has 108 valence electrons. The highest BCUT2D eigenvalue weighted by molar-refractivity contribution is 7.15. The van der Waals surface area contributed by atoms with Gasteiger partial charge in [0, 0.05) is 16.8 Å². The molecule has 0 atom stereocenters. The molecular weight excluding hydrogens is 306 g/mol. The molecule has 0 unspecified atom stereocenters. The molecule has 0 spiro atoms. The van der Waals surface area contributed by atoms with Crippen LogP contribution in [0, 0.1) is 0 Å². The normalized spacial score (nSPS) is 10.8. The van der Waals surface area contributed by atoms with Crippen LogP contribution in [0.1, 0.15) is 17.5 Å². The number of nitrogens with one attached hydrogen (secondary N) is 1. The van der Waals surface area contributed by atoms with Crippen molar-refractivity contribution < 1.29 is 0 Å². The molecular formula is C14H14ClN5S. The fraction of sp³-hybridized carbons (Fsp3) is 0.214. The van der Waals surface area contributed by atoms with Crippen molar-refractivity contribution in [3.63, 3.8) is 0 Å². The molecule has 2 aromatic heterocycles. The van der Waals surface area contributed by atoms with Gasteiger partial charge in [-0.3, -0.25) is 0 Å². The van der Waals surface area contributed by atoms with Crippen LogP contribution in [0.3, 0.4) is 0 Å². The Hall–Kier alpha value is -1.92. The van der Waals surface area contributed by atoms with Gasteiger partial charge in [0.15, 0.2) is 4.47 Å². The fourth-order valence-corrected chi connectivity index (χ4v) is 2.79. The molecule has 0 radical (unpaired) electrons. The lowest BCUT2D eigenvalue weighted by Gasteiger charge is -2.06.